The topological polar surface area (TPSA) is 306 Å². The van der Waals surface area contributed by atoms with Crippen molar-refractivity contribution in [3.63, 3.8) is 0 Å². The van der Waals surface area contributed by atoms with Gasteiger partial charge >= 0.3 is 0 Å². The summed E-state index contributed by atoms with van der Waals surface area (Å²) in [6.07, 6.45) is 3.30. The summed E-state index contributed by atoms with van der Waals surface area (Å²) in [5.41, 5.74) is 0.815. The number of anilines is 3. The van der Waals surface area contributed by atoms with Crippen LogP contribution in [0.4, 0.5) is 17.1 Å². The average Bonchev–Trinajstić information content (AvgIpc) is 1.45. The molecule has 6 aromatic carbocycles. The zero-order valence-corrected chi connectivity index (χ0v) is 67.6. The van der Waals surface area contributed by atoms with Crippen molar-refractivity contribution in [1.82, 2.24) is 30.7 Å². The lowest BCUT2D eigenvalue weighted by Crippen LogP contribution is -2.16. The Bertz CT molecular complexity index is 3160. The zero-order valence-electron chi connectivity index (χ0n) is 65.1. The number of nitrogens with zero attached hydrogens (tertiary/aromatic N) is 6. The Labute approximate surface area is 598 Å². The van der Waals surface area contributed by atoms with Crippen molar-refractivity contribution < 1.29 is 53.1 Å². The zero-order chi connectivity index (χ0) is 78.9. The molecule has 0 aliphatic carbocycles. The van der Waals surface area contributed by atoms with E-state index in [2.05, 4.69) is 44.9 Å². The van der Waals surface area contributed by atoms with Gasteiger partial charge in [0.1, 0.15) is 6.20 Å². The highest BCUT2D eigenvalue weighted by atomic mass is 32.2. The van der Waals surface area contributed by atoms with Gasteiger partial charge in [0.2, 0.25) is 17.9 Å². The summed E-state index contributed by atoms with van der Waals surface area (Å²) in [5, 5.41) is 17.0. The molecule has 3 aromatic heterocycles. The SMILES string of the molecule is CC.CC.CC.CC.CC.CC.CC.CC.CC.CC.CC.CC.CC.CC.CC.O=C(c1cnno1)c1ccccc1NS(=O)(=O)c1ccccc1.O=C(c1ncno1)c1ccccc1NS(=O)(=O)c1ccccc1.O=C(c1nnco1)c1ccccc1NS(=O)(=O)c1ccccc1. The third-order valence-electron chi connectivity index (χ3n) is 9.10. The van der Waals surface area contributed by atoms with Crippen molar-refractivity contribution in [2.75, 3.05) is 14.2 Å². The lowest BCUT2D eigenvalue weighted by molar-refractivity contribution is 0.0989. The fraction of sp³-hybridized carbons (Fsp3) is 0.400. The van der Waals surface area contributed by atoms with Crippen molar-refractivity contribution in [2.24, 2.45) is 0 Å². The maximum Gasteiger partial charge on any atom is 0.298 e. The van der Waals surface area contributed by atoms with Crippen LogP contribution < -0.4 is 14.2 Å². The van der Waals surface area contributed by atoms with Crippen LogP contribution in [0.1, 0.15) is 256 Å². The van der Waals surface area contributed by atoms with E-state index < -0.39 is 47.4 Å². The quantitative estimate of drug-likeness (QED) is 0.0803. The second-order valence-corrected chi connectivity index (χ2v) is 18.7. The molecule has 24 heteroatoms. The van der Waals surface area contributed by atoms with E-state index in [1.807, 2.05) is 208 Å². The summed E-state index contributed by atoms with van der Waals surface area (Å²) in [6, 6.07) is 42.3. The Hall–Kier alpha value is -9.00. The van der Waals surface area contributed by atoms with Crippen LogP contribution in [-0.4, -0.2) is 73.3 Å². The molecule has 9 rings (SSSR count). The van der Waals surface area contributed by atoms with Crippen LogP contribution in [0.3, 0.4) is 0 Å². The largest absolute Gasteiger partial charge is 0.421 e. The van der Waals surface area contributed by atoms with Crippen LogP contribution in [0.5, 0.6) is 0 Å². The van der Waals surface area contributed by atoms with Gasteiger partial charge in [-0.15, -0.1) is 15.3 Å². The number of ketones is 3. The first-order valence-electron chi connectivity index (χ1n) is 34.7. The highest BCUT2D eigenvalue weighted by Crippen LogP contribution is 2.25. The van der Waals surface area contributed by atoms with Crippen molar-refractivity contribution in [1.29, 1.82) is 0 Å². The number of para-hydroxylation sites is 3. The number of hydrogen-bond donors (Lipinski definition) is 3. The molecule has 0 radical (unpaired) electrons. The van der Waals surface area contributed by atoms with Gasteiger partial charge in [-0.2, -0.15) is 4.98 Å². The summed E-state index contributed by atoms with van der Waals surface area (Å²) in [5.74, 6) is -2.13. The van der Waals surface area contributed by atoms with Crippen LogP contribution in [0.2, 0.25) is 0 Å². The minimum atomic E-state index is -3.81. The third-order valence-corrected chi connectivity index (χ3v) is 13.2. The van der Waals surface area contributed by atoms with Crippen LogP contribution in [-0.2, 0) is 30.1 Å². The number of carbonyl (C=O) groups is 3. The third kappa shape index (κ3) is 42.4. The Balaban J connectivity index is -0.000000147. The predicted molar refractivity (Wildman–Crippen MR) is 414 cm³/mol. The van der Waals surface area contributed by atoms with Gasteiger partial charge in [0.15, 0.2) is 6.33 Å². The number of carbonyl (C=O) groups excluding carboxylic acids is 3. The van der Waals surface area contributed by atoms with E-state index in [4.69, 9.17) is 13.5 Å². The first-order valence-corrected chi connectivity index (χ1v) is 39.1. The molecule has 0 saturated heterocycles. The Morgan fingerprint density at radius 1 is 0.323 bits per heavy atom. The summed E-state index contributed by atoms with van der Waals surface area (Å²) < 4.78 is 95.9. The standard InChI is InChI=1S/3C15H11N3O4S.15C2H6/c19-14(15-17-16-10-22-15)12-8-4-5-9-13(12)18-23(20,21)11-6-2-1-3-7-11;19-14(15-16-10-17-22-15)12-8-4-5-9-13(12)18-23(20,21)11-6-2-1-3-7-11;19-15(14-10-16-18-22-14)12-8-4-5-9-13(12)17-23(20,21)11-6-2-1-3-7-11;15*1-2/h2*1-10,18H;1-10,17H;15*1-2H3. The van der Waals surface area contributed by atoms with Crippen molar-refractivity contribution in [2.45, 2.75) is 222 Å². The molecule has 0 fully saturated rings. The second kappa shape index (κ2) is 74.8. The van der Waals surface area contributed by atoms with Gasteiger partial charge in [0.05, 0.1) is 48.4 Å². The van der Waals surface area contributed by atoms with Crippen LogP contribution in [0.15, 0.2) is 211 Å². The molecule has 0 amide bonds. The van der Waals surface area contributed by atoms with E-state index in [9.17, 15) is 39.6 Å². The molecule has 558 valence electrons. The number of hydrogen-bond acceptors (Lipinski definition) is 18. The van der Waals surface area contributed by atoms with E-state index in [0.717, 1.165) is 12.7 Å². The normalized spacial score (nSPS) is 8.67. The number of sulfonamides is 3. The molecular formula is C75H123N9O12S3. The fourth-order valence-corrected chi connectivity index (χ4v) is 9.20. The Morgan fingerprint density at radius 2 is 0.596 bits per heavy atom. The maximum atomic E-state index is 12.4. The van der Waals surface area contributed by atoms with Crippen molar-refractivity contribution in [3.05, 3.63) is 217 Å². The minimum Gasteiger partial charge on any atom is -0.421 e. The van der Waals surface area contributed by atoms with Gasteiger partial charge in [0, 0.05) is 5.27 Å². The molecule has 3 N–H and O–H groups in total. The fourth-order valence-electron chi connectivity index (χ4n) is 5.90. The van der Waals surface area contributed by atoms with E-state index >= 15 is 0 Å². The number of rotatable bonds is 15. The van der Waals surface area contributed by atoms with Gasteiger partial charge < -0.3 is 13.5 Å². The Kier molecular flexibility index (Phi) is 82.1. The predicted octanol–water partition coefficient (Wildman–Crippen LogP) is 21.7. The molecule has 9 aromatic rings. The highest BCUT2D eigenvalue weighted by molar-refractivity contribution is 7.93. The maximum absolute atomic E-state index is 12.4. The number of benzene rings is 6. The summed E-state index contributed by atoms with van der Waals surface area (Å²) in [6.45, 7) is 60.0. The minimum absolute atomic E-state index is 0.0728. The molecule has 0 bridgehead atoms. The summed E-state index contributed by atoms with van der Waals surface area (Å²) >= 11 is 0. The molecule has 0 atom stereocenters. The molecule has 21 nitrogen and oxygen atoms in total. The number of aromatic nitrogens is 6. The molecular weight excluding hydrogens is 1320 g/mol. The average molecular weight is 1440 g/mol. The smallest absolute Gasteiger partial charge is 0.298 e. The first-order chi connectivity index (χ1) is 48.2. The Morgan fingerprint density at radius 3 is 0.848 bits per heavy atom. The van der Waals surface area contributed by atoms with E-state index in [1.54, 1.807) is 91.0 Å². The molecule has 0 aliphatic rings. The van der Waals surface area contributed by atoms with Gasteiger partial charge in [-0.05, 0) is 72.8 Å². The van der Waals surface area contributed by atoms with E-state index in [0.29, 0.717) is 0 Å². The molecule has 0 spiro atoms. The van der Waals surface area contributed by atoms with E-state index in [1.165, 1.54) is 79.0 Å². The van der Waals surface area contributed by atoms with Gasteiger partial charge in [-0.25, -0.2) is 25.3 Å². The van der Waals surface area contributed by atoms with Crippen LogP contribution in [0, 0.1) is 0 Å². The highest BCUT2D eigenvalue weighted by Gasteiger charge is 2.25. The first kappa shape index (κ1) is 109. The second-order valence-electron chi connectivity index (χ2n) is 13.7. The van der Waals surface area contributed by atoms with Gasteiger partial charge in [-0.1, -0.05) is 304 Å². The summed E-state index contributed by atoms with van der Waals surface area (Å²) in [7, 11) is -11.4. The van der Waals surface area contributed by atoms with Crippen molar-refractivity contribution in [3.8, 4) is 0 Å². The van der Waals surface area contributed by atoms with Gasteiger partial charge in [-0.3, -0.25) is 28.5 Å². The van der Waals surface area contributed by atoms with Crippen molar-refractivity contribution >= 4 is 64.5 Å². The molecule has 3 heterocycles. The number of nitrogens with one attached hydrogen (secondary N) is 3. The van der Waals surface area contributed by atoms with Gasteiger partial charge in [0.25, 0.3) is 53.4 Å². The molecule has 0 saturated carbocycles. The monoisotopic (exact) mass is 1440 g/mol. The summed E-state index contributed by atoms with van der Waals surface area (Å²) in [4.78, 5) is 41.0. The molecule has 99 heavy (non-hydrogen) atoms. The molecule has 0 unspecified atom stereocenters. The van der Waals surface area contributed by atoms with Crippen LogP contribution >= 0.6 is 0 Å². The molecule has 0 aliphatic heterocycles. The van der Waals surface area contributed by atoms with E-state index in [-0.39, 0.29) is 66.0 Å². The lowest BCUT2D eigenvalue weighted by Gasteiger charge is -2.11. The lowest BCUT2D eigenvalue weighted by atomic mass is 10.1. The van der Waals surface area contributed by atoms with Crippen LogP contribution in [0.25, 0.3) is 0 Å².